The maximum Gasteiger partial charge on any atom is 0.226 e. The van der Waals surface area contributed by atoms with E-state index in [1.165, 1.54) is 6.07 Å². The number of rotatable bonds is 6. The highest BCUT2D eigenvalue weighted by atomic mass is 19.1. The Morgan fingerprint density at radius 2 is 2.04 bits per heavy atom. The van der Waals surface area contributed by atoms with Gasteiger partial charge in [-0.3, -0.25) is 10.2 Å². The van der Waals surface area contributed by atoms with Crippen molar-refractivity contribution >= 4 is 5.91 Å². The van der Waals surface area contributed by atoms with Gasteiger partial charge in [0.1, 0.15) is 12.4 Å². The maximum absolute atomic E-state index is 13.6. The zero-order valence-electron chi connectivity index (χ0n) is 14.3. The van der Waals surface area contributed by atoms with Crippen molar-refractivity contribution in [1.29, 1.82) is 0 Å². The van der Waals surface area contributed by atoms with E-state index in [2.05, 4.69) is 16.2 Å². The van der Waals surface area contributed by atoms with E-state index in [1.807, 2.05) is 30.3 Å². The van der Waals surface area contributed by atoms with Crippen molar-refractivity contribution in [3.8, 4) is 5.75 Å². The van der Waals surface area contributed by atoms with Crippen LogP contribution < -0.4 is 20.9 Å². The van der Waals surface area contributed by atoms with Crippen molar-refractivity contribution in [2.75, 3.05) is 13.2 Å². The van der Waals surface area contributed by atoms with Gasteiger partial charge in [0.15, 0.2) is 11.6 Å². The summed E-state index contributed by atoms with van der Waals surface area (Å²) in [5.74, 6) is -1.87. The number of halogens is 2. The number of amides is 1. The van der Waals surface area contributed by atoms with E-state index in [9.17, 15) is 13.6 Å². The Morgan fingerprint density at radius 1 is 1.27 bits per heavy atom. The molecule has 1 aliphatic rings. The Balaban J connectivity index is 1.55. The minimum atomic E-state index is -0.767. The molecule has 7 heteroatoms. The quantitative estimate of drug-likeness (QED) is 0.739. The fourth-order valence-electron chi connectivity index (χ4n) is 2.92. The average Bonchev–Trinajstić information content (AvgIpc) is 3.11. The van der Waals surface area contributed by atoms with Crippen molar-refractivity contribution in [2.45, 2.75) is 19.0 Å². The molecule has 1 aliphatic heterocycles. The lowest BCUT2D eigenvalue weighted by Gasteiger charge is -2.21. The SMILES string of the molecule is CC(COc1ccc(F)cc1F)NC(=O)C1CNNC1c1ccccc1. The summed E-state index contributed by atoms with van der Waals surface area (Å²) in [5.41, 5.74) is 7.16. The van der Waals surface area contributed by atoms with Crippen LogP contribution in [0.2, 0.25) is 0 Å². The molecule has 0 saturated carbocycles. The van der Waals surface area contributed by atoms with E-state index in [0.717, 1.165) is 17.7 Å². The van der Waals surface area contributed by atoms with Crippen LogP contribution in [0.15, 0.2) is 48.5 Å². The molecule has 1 heterocycles. The first-order valence-corrected chi connectivity index (χ1v) is 8.46. The Hall–Kier alpha value is -2.51. The first-order chi connectivity index (χ1) is 12.5. The third-order valence-corrected chi connectivity index (χ3v) is 4.25. The molecule has 0 aromatic heterocycles. The van der Waals surface area contributed by atoms with Crippen LogP contribution >= 0.6 is 0 Å². The lowest BCUT2D eigenvalue weighted by atomic mass is 9.94. The molecule has 2 aromatic rings. The molecular formula is C19H21F2N3O2. The van der Waals surface area contributed by atoms with Gasteiger partial charge in [0.05, 0.1) is 18.0 Å². The molecule has 5 nitrogen and oxygen atoms in total. The standard InChI is InChI=1S/C19H21F2N3O2/c1-12(11-26-17-8-7-14(20)9-16(17)21)23-19(25)15-10-22-24-18(15)13-5-3-2-4-6-13/h2-9,12,15,18,22,24H,10-11H2,1H3,(H,23,25). The highest BCUT2D eigenvalue weighted by molar-refractivity contribution is 5.80. The summed E-state index contributed by atoms with van der Waals surface area (Å²) in [7, 11) is 0. The van der Waals surface area contributed by atoms with Gasteiger partial charge in [-0.2, -0.15) is 0 Å². The van der Waals surface area contributed by atoms with Gasteiger partial charge >= 0.3 is 0 Å². The smallest absolute Gasteiger partial charge is 0.226 e. The predicted molar refractivity (Wildman–Crippen MR) is 93.3 cm³/mol. The van der Waals surface area contributed by atoms with Gasteiger partial charge in [0.25, 0.3) is 0 Å². The molecule has 2 aromatic carbocycles. The molecule has 1 fully saturated rings. The second-order valence-corrected chi connectivity index (χ2v) is 6.32. The molecular weight excluding hydrogens is 340 g/mol. The first-order valence-electron chi connectivity index (χ1n) is 8.46. The molecule has 0 spiro atoms. The Kier molecular flexibility index (Phi) is 5.80. The van der Waals surface area contributed by atoms with Crippen LogP contribution in [0.3, 0.4) is 0 Å². The van der Waals surface area contributed by atoms with Gasteiger partial charge < -0.3 is 10.1 Å². The van der Waals surface area contributed by atoms with Crippen LogP contribution in [-0.2, 0) is 4.79 Å². The first kappa shape index (κ1) is 18.3. The summed E-state index contributed by atoms with van der Waals surface area (Å²) in [4.78, 5) is 12.6. The van der Waals surface area contributed by atoms with Crippen LogP contribution in [-0.4, -0.2) is 25.1 Å². The fourth-order valence-corrected chi connectivity index (χ4v) is 2.92. The van der Waals surface area contributed by atoms with Crippen molar-refractivity contribution in [1.82, 2.24) is 16.2 Å². The topological polar surface area (TPSA) is 62.4 Å². The Morgan fingerprint density at radius 3 is 2.77 bits per heavy atom. The highest BCUT2D eigenvalue weighted by Gasteiger charge is 2.34. The van der Waals surface area contributed by atoms with Crippen molar-refractivity contribution in [3.63, 3.8) is 0 Å². The molecule has 3 N–H and O–H groups in total. The molecule has 3 rings (SSSR count). The van der Waals surface area contributed by atoms with Crippen LogP contribution in [0, 0.1) is 17.6 Å². The van der Waals surface area contributed by atoms with Crippen molar-refractivity contribution in [2.24, 2.45) is 5.92 Å². The Labute approximate surface area is 150 Å². The zero-order valence-corrected chi connectivity index (χ0v) is 14.3. The summed E-state index contributed by atoms with van der Waals surface area (Å²) in [5, 5.41) is 2.88. The third kappa shape index (κ3) is 4.36. The summed E-state index contributed by atoms with van der Waals surface area (Å²) >= 11 is 0. The molecule has 138 valence electrons. The van der Waals surface area contributed by atoms with E-state index in [-0.39, 0.29) is 36.3 Å². The number of hydrazine groups is 1. The molecule has 3 unspecified atom stereocenters. The number of carbonyl (C=O) groups is 1. The number of hydrogen-bond acceptors (Lipinski definition) is 4. The summed E-state index contributed by atoms with van der Waals surface area (Å²) < 4.78 is 31.8. The average molecular weight is 361 g/mol. The van der Waals surface area contributed by atoms with Gasteiger partial charge in [-0.1, -0.05) is 30.3 Å². The van der Waals surface area contributed by atoms with Crippen LogP contribution in [0.4, 0.5) is 8.78 Å². The second kappa shape index (κ2) is 8.25. The van der Waals surface area contributed by atoms with E-state index < -0.39 is 11.6 Å². The van der Waals surface area contributed by atoms with Gasteiger partial charge in [0, 0.05) is 12.6 Å². The fraction of sp³-hybridized carbons (Fsp3) is 0.316. The monoisotopic (exact) mass is 361 g/mol. The number of benzene rings is 2. The number of carbonyl (C=O) groups excluding carboxylic acids is 1. The van der Waals surface area contributed by atoms with Gasteiger partial charge in [-0.25, -0.2) is 14.2 Å². The second-order valence-electron chi connectivity index (χ2n) is 6.32. The zero-order chi connectivity index (χ0) is 18.5. The van der Waals surface area contributed by atoms with Crippen molar-refractivity contribution < 1.29 is 18.3 Å². The minimum absolute atomic E-state index is 0.0427. The molecule has 1 amide bonds. The molecule has 1 saturated heterocycles. The molecule has 0 radical (unpaired) electrons. The van der Waals surface area contributed by atoms with Crippen LogP contribution in [0.25, 0.3) is 0 Å². The lowest BCUT2D eigenvalue weighted by molar-refractivity contribution is -0.125. The number of hydrogen-bond donors (Lipinski definition) is 3. The Bertz CT molecular complexity index is 758. The van der Waals surface area contributed by atoms with Gasteiger partial charge in [-0.05, 0) is 24.6 Å². The minimum Gasteiger partial charge on any atom is -0.488 e. The van der Waals surface area contributed by atoms with Gasteiger partial charge in [-0.15, -0.1) is 0 Å². The van der Waals surface area contributed by atoms with Crippen molar-refractivity contribution in [3.05, 3.63) is 65.7 Å². The predicted octanol–water partition coefficient (Wildman–Crippen LogP) is 2.31. The van der Waals surface area contributed by atoms with E-state index in [0.29, 0.717) is 6.54 Å². The molecule has 3 atom stereocenters. The number of nitrogens with one attached hydrogen (secondary N) is 3. The lowest BCUT2D eigenvalue weighted by Crippen LogP contribution is -2.42. The van der Waals surface area contributed by atoms with E-state index >= 15 is 0 Å². The summed E-state index contributed by atoms with van der Waals surface area (Å²) in [6.07, 6.45) is 0. The number of ether oxygens (including phenoxy) is 1. The van der Waals surface area contributed by atoms with E-state index in [4.69, 9.17) is 4.74 Å². The molecule has 0 bridgehead atoms. The van der Waals surface area contributed by atoms with E-state index in [1.54, 1.807) is 6.92 Å². The third-order valence-electron chi connectivity index (χ3n) is 4.25. The molecule has 0 aliphatic carbocycles. The largest absolute Gasteiger partial charge is 0.488 e. The van der Waals surface area contributed by atoms with Gasteiger partial charge in [0.2, 0.25) is 5.91 Å². The van der Waals surface area contributed by atoms with Crippen LogP contribution in [0.5, 0.6) is 5.75 Å². The molecule has 26 heavy (non-hydrogen) atoms. The normalized spacial score (nSPS) is 20.6. The summed E-state index contributed by atoms with van der Waals surface area (Å²) in [6.45, 7) is 2.36. The maximum atomic E-state index is 13.6. The highest BCUT2D eigenvalue weighted by Crippen LogP contribution is 2.25. The summed E-state index contributed by atoms with van der Waals surface area (Å²) in [6, 6.07) is 12.4. The van der Waals surface area contributed by atoms with Crippen LogP contribution in [0.1, 0.15) is 18.5 Å².